The van der Waals surface area contributed by atoms with Crippen molar-refractivity contribution in [2.75, 3.05) is 43.6 Å². The average Bonchev–Trinajstić information content (AvgIpc) is 2.65. The van der Waals surface area contributed by atoms with E-state index in [4.69, 9.17) is 4.74 Å². The molecule has 1 N–H and O–H groups in total. The second kappa shape index (κ2) is 6.33. The van der Waals surface area contributed by atoms with Crippen LogP contribution in [0.3, 0.4) is 0 Å². The summed E-state index contributed by atoms with van der Waals surface area (Å²) in [4.78, 5) is 25.5. The molecule has 130 valence electrons. The summed E-state index contributed by atoms with van der Waals surface area (Å²) in [5.41, 5.74) is 3.41. The maximum absolute atomic E-state index is 12.8. The van der Waals surface area contributed by atoms with E-state index in [0.717, 1.165) is 35.5 Å². The van der Waals surface area contributed by atoms with Crippen molar-refractivity contribution in [2.24, 2.45) is 0 Å². The van der Waals surface area contributed by atoms with Crippen LogP contribution in [0.5, 0.6) is 0 Å². The third-order valence-electron chi connectivity index (χ3n) is 4.75. The molecule has 0 spiro atoms. The van der Waals surface area contributed by atoms with E-state index in [1.54, 1.807) is 24.3 Å². The fraction of sp³-hybridized carbons (Fsp3) is 0.389. The van der Waals surface area contributed by atoms with Gasteiger partial charge in [0.15, 0.2) is 0 Å². The van der Waals surface area contributed by atoms with Gasteiger partial charge in [0.05, 0.1) is 18.8 Å². The van der Waals surface area contributed by atoms with Gasteiger partial charge < -0.3 is 19.9 Å². The van der Waals surface area contributed by atoms with E-state index in [9.17, 15) is 4.79 Å². The van der Waals surface area contributed by atoms with Crippen molar-refractivity contribution in [2.45, 2.75) is 13.1 Å². The van der Waals surface area contributed by atoms with Crippen molar-refractivity contribution in [3.8, 4) is 0 Å². The lowest BCUT2D eigenvalue weighted by Gasteiger charge is -2.36. The quantitative estimate of drug-likeness (QED) is 0.900. The van der Waals surface area contributed by atoms with E-state index in [2.05, 4.69) is 20.2 Å². The molecule has 7 heteroatoms. The maximum Gasteiger partial charge on any atom is 0.257 e. The van der Waals surface area contributed by atoms with Gasteiger partial charge in [-0.25, -0.2) is 9.97 Å². The Morgan fingerprint density at radius 3 is 2.64 bits per heavy atom. The van der Waals surface area contributed by atoms with Gasteiger partial charge in [-0.05, 0) is 18.6 Å². The molecule has 2 aromatic rings. The van der Waals surface area contributed by atoms with E-state index >= 15 is 0 Å². The molecule has 0 aliphatic carbocycles. The fourth-order valence-corrected chi connectivity index (χ4v) is 3.32. The zero-order chi connectivity index (χ0) is 17.4. The van der Waals surface area contributed by atoms with Gasteiger partial charge in [0.1, 0.15) is 6.17 Å². The molecule has 0 saturated carbocycles. The Hall–Kier alpha value is -2.67. The van der Waals surface area contributed by atoms with E-state index < -0.39 is 0 Å². The number of nitrogens with one attached hydrogen (secondary N) is 1. The largest absolute Gasteiger partial charge is 0.378 e. The minimum Gasteiger partial charge on any atom is -0.378 e. The summed E-state index contributed by atoms with van der Waals surface area (Å²) in [5.74, 6) is 0.710. The number of aromatic nitrogens is 2. The summed E-state index contributed by atoms with van der Waals surface area (Å²) >= 11 is 0. The average molecular weight is 339 g/mol. The summed E-state index contributed by atoms with van der Waals surface area (Å²) in [7, 11) is 1.80. The van der Waals surface area contributed by atoms with E-state index in [1.807, 2.05) is 25.1 Å². The number of aryl methyl sites for hydroxylation is 1. The lowest BCUT2D eigenvalue weighted by atomic mass is 10.0. The number of amides is 1. The van der Waals surface area contributed by atoms with Crippen LogP contribution in [0.25, 0.3) is 0 Å². The first-order valence-electron chi connectivity index (χ1n) is 8.43. The second-order valence-electron chi connectivity index (χ2n) is 6.38. The zero-order valence-corrected chi connectivity index (χ0v) is 14.4. The van der Waals surface area contributed by atoms with Crippen LogP contribution in [-0.4, -0.2) is 54.1 Å². The number of benzene rings is 1. The molecule has 7 nitrogen and oxygen atoms in total. The summed E-state index contributed by atoms with van der Waals surface area (Å²) < 4.78 is 5.36. The van der Waals surface area contributed by atoms with Crippen LogP contribution < -0.4 is 10.2 Å². The molecule has 0 unspecified atom stereocenters. The molecule has 1 fully saturated rings. The first kappa shape index (κ1) is 15.8. The van der Waals surface area contributed by atoms with Crippen molar-refractivity contribution < 1.29 is 9.53 Å². The predicted octanol–water partition coefficient (Wildman–Crippen LogP) is 1.82. The Morgan fingerprint density at radius 2 is 1.92 bits per heavy atom. The highest BCUT2D eigenvalue weighted by Crippen LogP contribution is 2.33. The molecule has 0 bridgehead atoms. The number of anilines is 2. The highest BCUT2D eigenvalue weighted by Gasteiger charge is 2.31. The number of hydrogen-bond acceptors (Lipinski definition) is 6. The normalized spacial score (nSPS) is 20.2. The third-order valence-corrected chi connectivity index (χ3v) is 4.75. The standard InChI is InChI=1S/C18H21N5O2/c1-12-4-3-5-14-15(12)17(24)22(2)16(21-14)13-10-19-18(20-11-13)23-6-8-25-9-7-23/h3-5,10-11,16,21H,6-9H2,1-2H3/t16-/m1/s1. The van der Waals surface area contributed by atoms with Gasteiger partial charge in [-0.1, -0.05) is 12.1 Å². The Morgan fingerprint density at radius 1 is 1.20 bits per heavy atom. The number of fused-ring (bicyclic) bond motifs is 1. The van der Waals surface area contributed by atoms with Gasteiger partial charge in [-0.3, -0.25) is 4.79 Å². The summed E-state index contributed by atoms with van der Waals surface area (Å²) in [5, 5.41) is 3.42. The topological polar surface area (TPSA) is 70.6 Å². The molecule has 1 amide bonds. The number of nitrogens with zero attached hydrogens (tertiary/aromatic N) is 4. The number of hydrogen-bond donors (Lipinski definition) is 1. The first-order chi connectivity index (χ1) is 12.1. The van der Waals surface area contributed by atoms with Crippen molar-refractivity contribution >= 4 is 17.5 Å². The minimum atomic E-state index is -0.277. The van der Waals surface area contributed by atoms with E-state index in [1.165, 1.54) is 0 Å². The van der Waals surface area contributed by atoms with Crippen LogP contribution in [-0.2, 0) is 4.74 Å². The predicted molar refractivity (Wildman–Crippen MR) is 94.7 cm³/mol. The minimum absolute atomic E-state index is 0.00843. The van der Waals surface area contributed by atoms with Gasteiger partial charge >= 0.3 is 0 Å². The van der Waals surface area contributed by atoms with E-state index in [0.29, 0.717) is 19.2 Å². The van der Waals surface area contributed by atoms with Gasteiger partial charge in [0.2, 0.25) is 5.95 Å². The number of morpholine rings is 1. The maximum atomic E-state index is 12.8. The summed E-state index contributed by atoms with van der Waals surface area (Å²) in [6.07, 6.45) is 3.31. The Labute approximate surface area is 146 Å². The van der Waals surface area contributed by atoms with Crippen LogP contribution in [0, 0.1) is 6.92 Å². The fourth-order valence-electron chi connectivity index (χ4n) is 3.32. The number of carbonyl (C=O) groups excluding carboxylic acids is 1. The molecular weight excluding hydrogens is 318 g/mol. The summed E-state index contributed by atoms with van der Waals surface area (Å²) in [6.45, 7) is 4.94. The molecule has 1 atom stereocenters. The number of rotatable bonds is 2. The lowest BCUT2D eigenvalue weighted by molar-refractivity contribution is 0.0734. The molecule has 4 rings (SSSR count). The van der Waals surface area contributed by atoms with Gasteiger partial charge in [0.25, 0.3) is 5.91 Å². The van der Waals surface area contributed by atoms with Crippen molar-refractivity contribution in [1.29, 1.82) is 0 Å². The Balaban J connectivity index is 1.60. The van der Waals surface area contributed by atoms with Gasteiger partial charge in [-0.2, -0.15) is 0 Å². The Bertz CT molecular complexity index is 787. The second-order valence-corrected chi connectivity index (χ2v) is 6.38. The lowest BCUT2D eigenvalue weighted by Crippen LogP contribution is -2.41. The SMILES string of the molecule is Cc1cccc2c1C(=O)N(C)[C@H](c1cnc(N3CCOCC3)nc1)N2. The Kier molecular flexibility index (Phi) is 4.01. The highest BCUT2D eigenvalue weighted by atomic mass is 16.5. The van der Waals surface area contributed by atoms with Gasteiger partial charge in [0, 0.05) is 43.8 Å². The molecule has 25 heavy (non-hydrogen) atoms. The smallest absolute Gasteiger partial charge is 0.257 e. The van der Waals surface area contributed by atoms with E-state index in [-0.39, 0.29) is 12.1 Å². The molecule has 1 aromatic carbocycles. The van der Waals surface area contributed by atoms with Crippen LogP contribution in [0.2, 0.25) is 0 Å². The third kappa shape index (κ3) is 2.80. The first-order valence-corrected chi connectivity index (χ1v) is 8.43. The van der Waals surface area contributed by atoms with Crippen LogP contribution in [0.15, 0.2) is 30.6 Å². The zero-order valence-electron chi connectivity index (χ0n) is 14.4. The molecule has 3 heterocycles. The molecule has 0 radical (unpaired) electrons. The summed E-state index contributed by atoms with van der Waals surface area (Å²) in [6, 6.07) is 5.84. The van der Waals surface area contributed by atoms with Gasteiger partial charge in [-0.15, -0.1) is 0 Å². The molecule has 1 saturated heterocycles. The van der Waals surface area contributed by atoms with Crippen LogP contribution in [0.4, 0.5) is 11.6 Å². The number of carbonyl (C=O) groups is 1. The molecule has 2 aliphatic rings. The molecule has 2 aliphatic heterocycles. The van der Waals surface area contributed by atoms with Crippen molar-refractivity contribution in [1.82, 2.24) is 14.9 Å². The number of ether oxygens (including phenoxy) is 1. The molecular formula is C18H21N5O2. The van der Waals surface area contributed by atoms with Crippen molar-refractivity contribution in [3.05, 3.63) is 47.3 Å². The van der Waals surface area contributed by atoms with Crippen LogP contribution in [0.1, 0.15) is 27.7 Å². The highest BCUT2D eigenvalue weighted by molar-refractivity contribution is 6.02. The molecule has 1 aromatic heterocycles. The monoisotopic (exact) mass is 339 g/mol. The van der Waals surface area contributed by atoms with Crippen molar-refractivity contribution in [3.63, 3.8) is 0 Å². The van der Waals surface area contributed by atoms with Crippen LogP contribution >= 0.6 is 0 Å².